The predicted octanol–water partition coefficient (Wildman–Crippen LogP) is 2.41. The first kappa shape index (κ1) is 23.9. The maximum Gasteiger partial charge on any atom is 0.409 e. The number of ether oxygens (including phenoxy) is 2. The zero-order valence-electron chi connectivity index (χ0n) is 20.3. The van der Waals surface area contributed by atoms with Gasteiger partial charge in [-0.2, -0.15) is 0 Å². The zero-order chi connectivity index (χ0) is 24.4. The van der Waals surface area contributed by atoms with Crippen molar-refractivity contribution in [1.29, 1.82) is 0 Å². The highest BCUT2D eigenvalue weighted by Crippen LogP contribution is 2.35. The van der Waals surface area contributed by atoms with Gasteiger partial charge in [0.25, 0.3) is 5.56 Å². The number of benzene rings is 1. The van der Waals surface area contributed by atoms with Crippen LogP contribution in [0.5, 0.6) is 5.75 Å². The quantitative estimate of drug-likeness (QED) is 0.667. The Morgan fingerprint density at radius 3 is 2.29 bits per heavy atom. The highest BCUT2D eigenvalue weighted by Gasteiger charge is 2.29. The molecule has 9 heteroatoms. The topological polar surface area (TPSA) is 86.0 Å². The highest BCUT2D eigenvalue weighted by atomic mass is 16.5. The molecule has 2 heterocycles. The van der Waals surface area contributed by atoms with Gasteiger partial charge in [0, 0.05) is 45.5 Å². The third-order valence-corrected chi connectivity index (χ3v) is 7.44. The Labute approximate surface area is 199 Å². The monoisotopic (exact) mass is 470 g/mol. The van der Waals surface area contributed by atoms with Crippen molar-refractivity contribution in [1.82, 2.24) is 18.9 Å². The maximum atomic E-state index is 13.2. The van der Waals surface area contributed by atoms with Crippen LogP contribution in [0, 0.1) is 11.8 Å². The molecule has 2 aliphatic rings. The lowest BCUT2D eigenvalue weighted by molar-refractivity contribution is 0.0948. The molecule has 0 spiro atoms. The lowest BCUT2D eigenvalue weighted by atomic mass is 9.80. The number of allylic oxidation sites excluding steroid dienone is 1. The summed E-state index contributed by atoms with van der Waals surface area (Å²) >= 11 is 0. The summed E-state index contributed by atoms with van der Waals surface area (Å²) in [7, 11) is 4.67. The molecule has 184 valence electrons. The van der Waals surface area contributed by atoms with E-state index >= 15 is 0 Å². The molecule has 0 bridgehead atoms. The van der Waals surface area contributed by atoms with Gasteiger partial charge in [0.15, 0.2) is 0 Å². The molecule has 2 fully saturated rings. The van der Waals surface area contributed by atoms with Crippen molar-refractivity contribution in [2.24, 2.45) is 18.9 Å². The van der Waals surface area contributed by atoms with Crippen LogP contribution in [0.4, 0.5) is 4.79 Å². The van der Waals surface area contributed by atoms with Gasteiger partial charge in [0.2, 0.25) is 0 Å². The molecule has 1 amide bonds. The van der Waals surface area contributed by atoms with Gasteiger partial charge in [-0.15, -0.1) is 0 Å². The van der Waals surface area contributed by atoms with Crippen molar-refractivity contribution in [3.63, 3.8) is 0 Å². The second-order valence-corrected chi connectivity index (χ2v) is 9.29. The Bertz CT molecular complexity index is 1180. The fourth-order valence-electron chi connectivity index (χ4n) is 5.28. The molecule has 34 heavy (non-hydrogen) atoms. The van der Waals surface area contributed by atoms with E-state index in [2.05, 4.69) is 11.5 Å². The number of carbonyl (C=O) groups excluding carboxylic acids is 1. The molecule has 1 aromatic heterocycles. The molecule has 1 aliphatic heterocycles. The fraction of sp³-hybridized carbons (Fsp3) is 0.560. The second kappa shape index (κ2) is 9.95. The highest BCUT2D eigenvalue weighted by molar-refractivity contribution is 5.79. The Hall–Kier alpha value is -3.23. The van der Waals surface area contributed by atoms with Crippen LogP contribution in [0.2, 0.25) is 0 Å². The number of piperazine rings is 1. The van der Waals surface area contributed by atoms with Crippen molar-refractivity contribution in [3.05, 3.63) is 51.3 Å². The molecule has 4 rings (SSSR count). The summed E-state index contributed by atoms with van der Waals surface area (Å²) in [6, 6.07) is 5.21. The Morgan fingerprint density at radius 1 is 1.03 bits per heavy atom. The summed E-state index contributed by atoms with van der Waals surface area (Å²) < 4.78 is 13.0. The SMILES string of the molecule is C=C([C@H]1CC[C@H](Cn2c(=O)c3cc(OC)ccc3n(C)c2=O)CC1)N1CCN(C(=O)OC)CC1. The smallest absolute Gasteiger partial charge is 0.409 e. The summed E-state index contributed by atoms with van der Waals surface area (Å²) in [4.78, 5) is 41.8. The van der Waals surface area contributed by atoms with Crippen LogP contribution in [0.3, 0.4) is 0 Å². The molecule has 1 aromatic carbocycles. The van der Waals surface area contributed by atoms with Crippen LogP contribution in [-0.4, -0.2) is 65.4 Å². The minimum atomic E-state index is -0.280. The number of hydrogen-bond acceptors (Lipinski definition) is 6. The number of aromatic nitrogens is 2. The average molecular weight is 471 g/mol. The number of carbonyl (C=O) groups is 1. The number of rotatable bonds is 5. The average Bonchev–Trinajstić information content (AvgIpc) is 2.89. The first-order valence-corrected chi connectivity index (χ1v) is 11.9. The molecule has 0 unspecified atom stereocenters. The lowest BCUT2D eigenvalue weighted by Crippen LogP contribution is -2.49. The van der Waals surface area contributed by atoms with Crippen molar-refractivity contribution in [2.75, 3.05) is 40.4 Å². The molecule has 9 nitrogen and oxygen atoms in total. The fourth-order valence-corrected chi connectivity index (χ4v) is 5.28. The minimum Gasteiger partial charge on any atom is -0.497 e. The standard InChI is InChI=1S/C25H34N4O5/c1-17(27-11-13-28(14-12-27)25(32)34-4)19-7-5-18(6-8-19)16-29-23(30)21-15-20(33-3)9-10-22(21)26(2)24(29)31/h9-10,15,18-19H,1,5-8,11-14,16H2,2-4H3/t18-,19-. The van der Waals surface area contributed by atoms with Gasteiger partial charge in [-0.3, -0.25) is 13.9 Å². The Morgan fingerprint density at radius 2 is 1.68 bits per heavy atom. The molecule has 0 atom stereocenters. The van der Waals surface area contributed by atoms with Crippen LogP contribution < -0.4 is 16.0 Å². The second-order valence-electron chi connectivity index (χ2n) is 9.29. The number of aryl methyl sites for hydroxylation is 1. The third-order valence-electron chi connectivity index (χ3n) is 7.44. The van der Waals surface area contributed by atoms with E-state index in [1.165, 1.54) is 16.2 Å². The van der Waals surface area contributed by atoms with Gasteiger partial charge < -0.3 is 19.3 Å². The van der Waals surface area contributed by atoms with Crippen LogP contribution >= 0.6 is 0 Å². The normalized spacial score (nSPS) is 20.9. The van der Waals surface area contributed by atoms with Crippen molar-refractivity contribution in [3.8, 4) is 5.75 Å². The van der Waals surface area contributed by atoms with Gasteiger partial charge in [0.1, 0.15) is 5.75 Å². The molecule has 2 aromatic rings. The number of amides is 1. The van der Waals surface area contributed by atoms with Gasteiger partial charge in [-0.25, -0.2) is 9.59 Å². The number of hydrogen-bond donors (Lipinski definition) is 0. The maximum absolute atomic E-state index is 13.2. The summed E-state index contributed by atoms with van der Waals surface area (Å²) in [5.74, 6) is 1.26. The number of methoxy groups -OCH3 is 2. The van der Waals surface area contributed by atoms with E-state index in [-0.39, 0.29) is 23.3 Å². The van der Waals surface area contributed by atoms with Crippen LogP contribution in [0.25, 0.3) is 10.9 Å². The summed E-state index contributed by atoms with van der Waals surface area (Å²) in [6.45, 7) is 7.59. The third kappa shape index (κ3) is 4.56. The molecule has 1 saturated carbocycles. The van der Waals surface area contributed by atoms with Crippen molar-refractivity contribution >= 4 is 17.0 Å². The van der Waals surface area contributed by atoms with E-state index in [0.717, 1.165) is 44.5 Å². The molecular weight excluding hydrogens is 436 g/mol. The Balaban J connectivity index is 1.40. The largest absolute Gasteiger partial charge is 0.497 e. The first-order chi connectivity index (χ1) is 16.3. The molecule has 0 radical (unpaired) electrons. The first-order valence-electron chi connectivity index (χ1n) is 11.9. The van der Waals surface area contributed by atoms with E-state index in [1.54, 1.807) is 37.3 Å². The minimum absolute atomic E-state index is 0.257. The summed E-state index contributed by atoms with van der Waals surface area (Å²) in [5, 5.41) is 0.495. The van der Waals surface area contributed by atoms with Crippen molar-refractivity contribution in [2.45, 2.75) is 32.2 Å². The zero-order valence-corrected chi connectivity index (χ0v) is 20.3. The molecule has 0 N–H and O–H groups in total. The van der Waals surface area contributed by atoms with E-state index < -0.39 is 0 Å². The van der Waals surface area contributed by atoms with Crippen LogP contribution in [-0.2, 0) is 18.3 Å². The van der Waals surface area contributed by atoms with Gasteiger partial charge in [-0.05, 0) is 55.7 Å². The summed E-state index contributed by atoms with van der Waals surface area (Å²) in [5.41, 5.74) is 1.21. The van der Waals surface area contributed by atoms with E-state index in [9.17, 15) is 14.4 Å². The lowest BCUT2D eigenvalue weighted by Gasteiger charge is -2.40. The molecular formula is C25H34N4O5. The van der Waals surface area contributed by atoms with E-state index in [0.29, 0.717) is 42.2 Å². The Kier molecular flexibility index (Phi) is 7.00. The van der Waals surface area contributed by atoms with Crippen LogP contribution in [0.1, 0.15) is 25.7 Å². The molecule has 1 saturated heterocycles. The van der Waals surface area contributed by atoms with Gasteiger partial charge >= 0.3 is 11.8 Å². The molecule has 1 aliphatic carbocycles. The summed E-state index contributed by atoms with van der Waals surface area (Å²) in [6.07, 6.45) is 3.57. The predicted molar refractivity (Wildman–Crippen MR) is 130 cm³/mol. The van der Waals surface area contributed by atoms with Crippen molar-refractivity contribution < 1.29 is 14.3 Å². The van der Waals surface area contributed by atoms with Crippen LogP contribution in [0.15, 0.2) is 40.1 Å². The van der Waals surface area contributed by atoms with E-state index in [4.69, 9.17) is 9.47 Å². The number of fused-ring (bicyclic) bond motifs is 1. The number of nitrogens with zero attached hydrogens (tertiary/aromatic N) is 4. The van der Waals surface area contributed by atoms with E-state index in [1.807, 2.05) is 0 Å². The van der Waals surface area contributed by atoms with Gasteiger partial charge in [0.05, 0.1) is 25.1 Å². The van der Waals surface area contributed by atoms with Gasteiger partial charge in [-0.1, -0.05) is 6.58 Å².